The number of benzene rings is 2. The van der Waals surface area contributed by atoms with Crippen LogP contribution in [0.4, 0.5) is 0 Å². The van der Waals surface area contributed by atoms with Gasteiger partial charge >= 0.3 is 0 Å². The maximum Gasteiger partial charge on any atom is 0.184 e. The molecule has 0 amide bonds. The molecule has 1 aliphatic carbocycles. The number of nitriles is 1. The summed E-state index contributed by atoms with van der Waals surface area (Å²) in [7, 11) is 0. The van der Waals surface area contributed by atoms with Gasteiger partial charge in [0.15, 0.2) is 5.78 Å². The molecule has 0 saturated carbocycles. The molecular formula is C26H27N3O2. The Morgan fingerprint density at radius 2 is 1.84 bits per heavy atom. The fraction of sp³-hybridized carbons (Fsp3) is 0.346. The summed E-state index contributed by atoms with van der Waals surface area (Å²) in [5.74, 6) is 0.293. The number of para-hydroxylation sites is 1. The van der Waals surface area contributed by atoms with Crippen LogP contribution in [0.25, 0.3) is 5.69 Å². The first-order chi connectivity index (χ1) is 14.8. The Hall–Kier alpha value is -3.39. The average molecular weight is 414 g/mol. The molecule has 1 aliphatic rings. The number of hydrogen-bond acceptors (Lipinski definition) is 4. The lowest BCUT2D eigenvalue weighted by Gasteiger charge is -2.33. The van der Waals surface area contributed by atoms with Gasteiger partial charge in [0.05, 0.1) is 23.0 Å². The zero-order chi connectivity index (χ0) is 22.2. The molecule has 3 aromatic rings. The summed E-state index contributed by atoms with van der Waals surface area (Å²) >= 11 is 0. The number of carbonyl (C=O) groups excluding carboxylic acids is 1. The van der Waals surface area contributed by atoms with Crippen molar-refractivity contribution < 1.29 is 9.53 Å². The molecule has 0 bridgehead atoms. The van der Waals surface area contributed by atoms with E-state index in [0.29, 0.717) is 29.3 Å². The van der Waals surface area contributed by atoms with Gasteiger partial charge in [0.25, 0.3) is 0 Å². The summed E-state index contributed by atoms with van der Waals surface area (Å²) in [6, 6.07) is 20.0. The maximum atomic E-state index is 13.4. The van der Waals surface area contributed by atoms with Crippen LogP contribution in [0.1, 0.15) is 60.9 Å². The minimum atomic E-state index is -0.698. The lowest BCUT2D eigenvalue weighted by molar-refractivity contribution is 0.0831. The van der Waals surface area contributed by atoms with E-state index in [-0.39, 0.29) is 12.4 Å². The molecule has 31 heavy (non-hydrogen) atoms. The second-order valence-electron chi connectivity index (χ2n) is 9.12. The lowest BCUT2D eigenvalue weighted by atomic mass is 9.68. The SMILES string of the molecule is CC(C)c1ccc(-n2nc(COc3ccccc3)c3c2CC(C)(C)C(C#N)C3=O)cc1. The lowest BCUT2D eigenvalue weighted by Crippen LogP contribution is -2.38. The smallest absolute Gasteiger partial charge is 0.184 e. The minimum Gasteiger partial charge on any atom is -0.487 e. The molecule has 0 fully saturated rings. The minimum absolute atomic E-state index is 0.162. The van der Waals surface area contributed by atoms with Gasteiger partial charge in [-0.2, -0.15) is 10.4 Å². The number of fused-ring (bicyclic) bond motifs is 1. The van der Waals surface area contributed by atoms with E-state index in [1.165, 1.54) is 5.56 Å². The Bertz CT molecular complexity index is 1140. The van der Waals surface area contributed by atoms with Crippen LogP contribution in [0, 0.1) is 22.7 Å². The van der Waals surface area contributed by atoms with Crippen LogP contribution in [-0.2, 0) is 13.0 Å². The summed E-state index contributed by atoms with van der Waals surface area (Å²) in [6.07, 6.45) is 0.594. The van der Waals surface area contributed by atoms with Crippen LogP contribution in [0.2, 0.25) is 0 Å². The summed E-state index contributed by atoms with van der Waals surface area (Å²) in [6.45, 7) is 8.44. The molecule has 0 N–H and O–H groups in total. The Kier molecular flexibility index (Phi) is 5.41. The van der Waals surface area contributed by atoms with Crippen molar-refractivity contribution in [2.24, 2.45) is 11.3 Å². The van der Waals surface area contributed by atoms with E-state index in [2.05, 4.69) is 32.0 Å². The standard InChI is InChI=1S/C26H27N3O2/c1-17(2)18-10-12-19(13-11-18)29-23-14-26(3,4)21(15-27)25(30)24(23)22(28-29)16-31-20-8-6-5-7-9-20/h5-13,17,21H,14,16H2,1-4H3. The van der Waals surface area contributed by atoms with E-state index >= 15 is 0 Å². The molecule has 4 rings (SSSR count). The number of aromatic nitrogens is 2. The van der Waals surface area contributed by atoms with E-state index in [0.717, 1.165) is 11.4 Å². The van der Waals surface area contributed by atoms with Crippen molar-refractivity contribution in [3.05, 3.63) is 77.1 Å². The normalized spacial score (nSPS) is 17.3. The topological polar surface area (TPSA) is 67.9 Å². The van der Waals surface area contributed by atoms with Gasteiger partial charge in [-0.3, -0.25) is 4.79 Å². The number of ketones is 1. The first kappa shape index (κ1) is 20.9. The molecule has 5 nitrogen and oxygen atoms in total. The zero-order valence-electron chi connectivity index (χ0n) is 18.4. The molecule has 2 aromatic carbocycles. The number of carbonyl (C=O) groups is 1. The molecule has 0 saturated heterocycles. The van der Waals surface area contributed by atoms with Crippen molar-refractivity contribution in [2.45, 2.75) is 46.6 Å². The van der Waals surface area contributed by atoms with Crippen LogP contribution < -0.4 is 4.74 Å². The van der Waals surface area contributed by atoms with Crippen molar-refractivity contribution in [3.8, 4) is 17.5 Å². The highest BCUT2D eigenvalue weighted by atomic mass is 16.5. The Morgan fingerprint density at radius 1 is 1.16 bits per heavy atom. The highest BCUT2D eigenvalue weighted by molar-refractivity contribution is 6.03. The maximum absolute atomic E-state index is 13.4. The third kappa shape index (κ3) is 3.86. The summed E-state index contributed by atoms with van der Waals surface area (Å²) in [5.41, 5.74) is 3.66. The average Bonchev–Trinajstić information content (AvgIpc) is 3.10. The van der Waals surface area contributed by atoms with Crippen LogP contribution in [0.15, 0.2) is 54.6 Å². The fourth-order valence-electron chi connectivity index (χ4n) is 4.20. The van der Waals surface area contributed by atoms with Gasteiger partial charge in [-0.05, 0) is 47.6 Å². The molecule has 1 aromatic heterocycles. The second-order valence-corrected chi connectivity index (χ2v) is 9.12. The number of nitrogens with zero attached hydrogens (tertiary/aromatic N) is 3. The van der Waals surface area contributed by atoms with Crippen molar-refractivity contribution >= 4 is 5.78 Å². The van der Waals surface area contributed by atoms with Crippen molar-refractivity contribution in [3.63, 3.8) is 0 Å². The first-order valence-corrected chi connectivity index (χ1v) is 10.6. The summed E-state index contributed by atoms with van der Waals surface area (Å²) < 4.78 is 7.77. The van der Waals surface area contributed by atoms with Crippen LogP contribution in [0.5, 0.6) is 5.75 Å². The molecule has 5 heteroatoms. The predicted octanol–water partition coefficient (Wildman–Crippen LogP) is 5.48. The molecule has 158 valence electrons. The number of rotatable bonds is 5. The van der Waals surface area contributed by atoms with Gasteiger partial charge in [0, 0.05) is 0 Å². The Balaban J connectivity index is 1.79. The van der Waals surface area contributed by atoms with E-state index < -0.39 is 11.3 Å². The van der Waals surface area contributed by atoms with Gasteiger partial charge < -0.3 is 4.74 Å². The summed E-state index contributed by atoms with van der Waals surface area (Å²) in [4.78, 5) is 13.4. The number of ether oxygens (including phenoxy) is 1. The summed E-state index contributed by atoms with van der Waals surface area (Å²) in [5, 5.41) is 14.5. The van der Waals surface area contributed by atoms with Crippen molar-refractivity contribution in [1.29, 1.82) is 5.26 Å². The van der Waals surface area contributed by atoms with E-state index in [9.17, 15) is 10.1 Å². The first-order valence-electron chi connectivity index (χ1n) is 10.6. The quantitative estimate of drug-likeness (QED) is 0.555. The molecule has 0 aliphatic heterocycles. The third-order valence-electron chi connectivity index (χ3n) is 6.02. The van der Waals surface area contributed by atoms with Crippen molar-refractivity contribution in [2.75, 3.05) is 0 Å². The van der Waals surface area contributed by atoms with E-state index in [4.69, 9.17) is 9.84 Å². The van der Waals surface area contributed by atoms with Gasteiger partial charge in [-0.25, -0.2) is 4.68 Å². The van der Waals surface area contributed by atoms with Gasteiger partial charge in [-0.1, -0.05) is 58.0 Å². The van der Waals surface area contributed by atoms with Crippen LogP contribution >= 0.6 is 0 Å². The highest BCUT2D eigenvalue weighted by Gasteiger charge is 2.45. The molecule has 1 heterocycles. The Morgan fingerprint density at radius 3 is 2.45 bits per heavy atom. The van der Waals surface area contributed by atoms with Gasteiger partial charge in [-0.15, -0.1) is 0 Å². The fourth-order valence-corrected chi connectivity index (χ4v) is 4.20. The van der Waals surface area contributed by atoms with E-state index in [1.54, 1.807) is 0 Å². The van der Waals surface area contributed by atoms with Gasteiger partial charge in [0.1, 0.15) is 24.0 Å². The van der Waals surface area contributed by atoms with Gasteiger partial charge in [0.2, 0.25) is 0 Å². The van der Waals surface area contributed by atoms with E-state index in [1.807, 2.05) is 61.0 Å². The largest absolute Gasteiger partial charge is 0.487 e. The monoisotopic (exact) mass is 413 g/mol. The van der Waals surface area contributed by atoms with Crippen LogP contribution in [-0.4, -0.2) is 15.6 Å². The van der Waals surface area contributed by atoms with Crippen LogP contribution in [0.3, 0.4) is 0 Å². The Labute approximate surface area is 183 Å². The number of Topliss-reactive ketones (excluding diaryl/α,β-unsaturated/α-hetero) is 1. The molecular weight excluding hydrogens is 386 g/mol. The second kappa shape index (κ2) is 8.03. The predicted molar refractivity (Wildman–Crippen MR) is 119 cm³/mol. The molecule has 1 unspecified atom stereocenters. The molecule has 1 atom stereocenters. The molecule has 0 spiro atoms. The zero-order valence-corrected chi connectivity index (χ0v) is 18.4. The number of hydrogen-bond donors (Lipinski definition) is 0. The third-order valence-corrected chi connectivity index (χ3v) is 6.02. The highest BCUT2D eigenvalue weighted by Crippen LogP contribution is 2.41. The van der Waals surface area contributed by atoms with Crippen molar-refractivity contribution in [1.82, 2.24) is 9.78 Å². The molecule has 0 radical (unpaired) electrons.